The van der Waals surface area contributed by atoms with Gasteiger partial charge in [0.2, 0.25) is 5.91 Å². The number of nitrogens with one attached hydrogen (secondary N) is 1. The lowest BCUT2D eigenvalue weighted by Crippen LogP contribution is -2.50. The van der Waals surface area contributed by atoms with E-state index in [2.05, 4.69) is 10.3 Å². The van der Waals surface area contributed by atoms with E-state index in [4.69, 9.17) is 11.5 Å². The maximum atomic E-state index is 12.3. The molecule has 136 valence electrons. The Morgan fingerprint density at radius 1 is 0.926 bits per heavy atom. The number of pyridine rings is 1. The first-order valence-electron chi connectivity index (χ1n) is 8.44. The Morgan fingerprint density at radius 3 is 2.15 bits per heavy atom. The van der Waals surface area contributed by atoms with Gasteiger partial charge in [0.25, 0.3) is 5.91 Å². The zero-order valence-corrected chi connectivity index (χ0v) is 14.6. The Bertz CT molecular complexity index is 927. The van der Waals surface area contributed by atoms with Gasteiger partial charge in [0.05, 0.1) is 0 Å². The van der Waals surface area contributed by atoms with E-state index in [9.17, 15) is 9.59 Å². The summed E-state index contributed by atoms with van der Waals surface area (Å²) >= 11 is 0. The zero-order valence-electron chi connectivity index (χ0n) is 14.6. The summed E-state index contributed by atoms with van der Waals surface area (Å²) in [6.45, 7) is 0. The molecular weight excluding hydrogens is 340 g/mol. The van der Waals surface area contributed by atoms with Crippen molar-refractivity contribution in [3.05, 3.63) is 95.8 Å². The molecule has 6 nitrogen and oxygen atoms in total. The van der Waals surface area contributed by atoms with Crippen LogP contribution in [0.3, 0.4) is 0 Å². The van der Waals surface area contributed by atoms with Crippen LogP contribution in [0.15, 0.2) is 79.1 Å². The van der Waals surface area contributed by atoms with Crippen LogP contribution in [0, 0.1) is 0 Å². The number of hydrogen-bond acceptors (Lipinski definition) is 4. The van der Waals surface area contributed by atoms with E-state index in [1.165, 1.54) is 0 Å². The van der Waals surface area contributed by atoms with E-state index in [0.29, 0.717) is 16.8 Å². The van der Waals surface area contributed by atoms with Gasteiger partial charge < -0.3 is 16.8 Å². The molecule has 0 bridgehead atoms. The van der Waals surface area contributed by atoms with Gasteiger partial charge in [-0.2, -0.15) is 0 Å². The van der Waals surface area contributed by atoms with Gasteiger partial charge in [0.1, 0.15) is 5.54 Å². The number of nitrogens with zero attached hydrogens (tertiary/aromatic N) is 1. The highest BCUT2D eigenvalue weighted by Crippen LogP contribution is 2.24. The molecule has 2 aromatic carbocycles. The van der Waals surface area contributed by atoms with Gasteiger partial charge >= 0.3 is 0 Å². The van der Waals surface area contributed by atoms with Crippen molar-refractivity contribution in [2.75, 3.05) is 5.32 Å². The Labute approximate surface area is 157 Å². The number of primary amides is 1. The number of rotatable bonds is 6. The van der Waals surface area contributed by atoms with E-state index in [0.717, 1.165) is 5.56 Å². The summed E-state index contributed by atoms with van der Waals surface area (Å²) in [5, 5.41) is 2.78. The van der Waals surface area contributed by atoms with Crippen LogP contribution in [0.1, 0.15) is 21.5 Å². The van der Waals surface area contributed by atoms with Crippen LogP contribution in [0.2, 0.25) is 0 Å². The first kappa shape index (κ1) is 18.3. The zero-order chi connectivity index (χ0) is 19.3. The molecule has 3 rings (SSSR count). The Morgan fingerprint density at radius 2 is 1.56 bits per heavy atom. The largest absolute Gasteiger partial charge is 0.368 e. The SMILES string of the molecule is NC(=O)[C@](N)(Cc1ccccc1)c1ccc(C(=O)Nc2ccncc2)cc1. The van der Waals surface area contributed by atoms with Crippen LogP contribution in [0.5, 0.6) is 0 Å². The highest BCUT2D eigenvalue weighted by molar-refractivity contribution is 6.04. The number of carbonyl (C=O) groups excluding carboxylic acids is 2. The predicted octanol–water partition coefficient (Wildman–Crippen LogP) is 2.22. The van der Waals surface area contributed by atoms with E-state index in [-0.39, 0.29) is 12.3 Å². The third-order valence-electron chi connectivity index (χ3n) is 4.37. The summed E-state index contributed by atoms with van der Waals surface area (Å²) in [5.41, 5.74) is 13.2. The molecule has 3 aromatic rings. The summed E-state index contributed by atoms with van der Waals surface area (Å²) in [6.07, 6.45) is 3.46. The third-order valence-corrected chi connectivity index (χ3v) is 4.37. The Balaban J connectivity index is 1.81. The fourth-order valence-corrected chi connectivity index (χ4v) is 2.81. The number of nitrogens with two attached hydrogens (primary N) is 2. The second-order valence-electron chi connectivity index (χ2n) is 6.27. The second-order valence-corrected chi connectivity index (χ2v) is 6.27. The molecule has 0 radical (unpaired) electrons. The fraction of sp³-hybridized carbons (Fsp3) is 0.0952. The number of carbonyl (C=O) groups is 2. The fourth-order valence-electron chi connectivity index (χ4n) is 2.81. The molecule has 0 saturated heterocycles. The van der Waals surface area contributed by atoms with Crippen LogP contribution in [-0.4, -0.2) is 16.8 Å². The minimum absolute atomic E-state index is 0.266. The maximum Gasteiger partial charge on any atom is 0.255 e. The minimum atomic E-state index is -1.36. The lowest BCUT2D eigenvalue weighted by molar-refractivity contribution is -0.123. The van der Waals surface area contributed by atoms with Gasteiger partial charge in [-0.1, -0.05) is 42.5 Å². The topological polar surface area (TPSA) is 111 Å². The van der Waals surface area contributed by atoms with E-state index in [1.807, 2.05) is 30.3 Å². The van der Waals surface area contributed by atoms with Gasteiger partial charge in [0.15, 0.2) is 0 Å². The molecule has 0 saturated carbocycles. The highest BCUT2D eigenvalue weighted by Gasteiger charge is 2.34. The Kier molecular flexibility index (Phi) is 5.28. The van der Waals surface area contributed by atoms with Crippen molar-refractivity contribution in [1.82, 2.24) is 4.98 Å². The molecule has 0 aliphatic rings. The van der Waals surface area contributed by atoms with Gasteiger partial charge in [-0.3, -0.25) is 14.6 Å². The van der Waals surface area contributed by atoms with Gasteiger partial charge in [-0.25, -0.2) is 0 Å². The summed E-state index contributed by atoms with van der Waals surface area (Å²) in [7, 11) is 0. The average Bonchev–Trinajstić information content (AvgIpc) is 2.69. The molecule has 0 fully saturated rings. The Hall–Kier alpha value is -3.51. The second kappa shape index (κ2) is 7.80. The summed E-state index contributed by atoms with van der Waals surface area (Å²) in [5.74, 6) is -0.891. The molecule has 0 aliphatic carbocycles. The van der Waals surface area contributed by atoms with Crippen LogP contribution >= 0.6 is 0 Å². The van der Waals surface area contributed by atoms with Crippen LogP contribution < -0.4 is 16.8 Å². The lowest BCUT2D eigenvalue weighted by atomic mass is 9.83. The van der Waals surface area contributed by atoms with Crippen LogP contribution in [0.4, 0.5) is 5.69 Å². The predicted molar refractivity (Wildman–Crippen MR) is 104 cm³/mol. The monoisotopic (exact) mass is 360 g/mol. The first-order chi connectivity index (χ1) is 13.0. The van der Waals surface area contributed by atoms with E-state index >= 15 is 0 Å². The average molecular weight is 360 g/mol. The van der Waals surface area contributed by atoms with Crippen molar-refractivity contribution in [1.29, 1.82) is 0 Å². The van der Waals surface area contributed by atoms with Gasteiger partial charge in [0, 0.05) is 30.1 Å². The number of aromatic nitrogens is 1. The number of benzene rings is 2. The minimum Gasteiger partial charge on any atom is -0.368 e. The van der Waals surface area contributed by atoms with Crippen LogP contribution in [0.25, 0.3) is 0 Å². The van der Waals surface area contributed by atoms with Crippen molar-refractivity contribution in [2.45, 2.75) is 12.0 Å². The molecule has 1 atom stereocenters. The standard InChI is InChI=1S/C21H20N4O2/c22-20(27)21(23,14-15-4-2-1-3-5-15)17-8-6-16(7-9-17)19(26)25-18-10-12-24-13-11-18/h1-13H,14,23H2,(H2,22,27)(H,24,25,26)/t21-/m0/s1. The van der Waals surface area contributed by atoms with Gasteiger partial charge in [-0.15, -0.1) is 0 Å². The lowest BCUT2D eigenvalue weighted by Gasteiger charge is -2.27. The summed E-state index contributed by atoms with van der Waals surface area (Å²) < 4.78 is 0. The van der Waals surface area contributed by atoms with Crippen LogP contribution in [-0.2, 0) is 16.8 Å². The quantitative estimate of drug-likeness (QED) is 0.626. The molecule has 0 unspecified atom stereocenters. The van der Waals surface area contributed by atoms with E-state index < -0.39 is 11.4 Å². The third kappa shape index (κ3) is 4.19. The molecule has 0 aliphatic heterocycles. The normalized spacial score (nSPS) is 12.8. The smallest absolute Gasteiger partial charge is 0.255 e. The number of anilines is 1. The highest BCUT2D eigenvalue weighted by atomic mass is 16.2. The summed E-state index contributed by atoms with van der Waals surface area (Å²) in [6, 6.07) is 19.4. The molecule has 6 heteroatoms. The van der Waals surface area contributed by atoms with Crippen molar-refractivity contribution in [2.24, 2.45) is 11.5 Å². The number of amides is 2. The maximum absolute atomic E-state index is 12.3. The van der Waals surface area contributed by atoms with Crippen molar-refractivity contribution >= 4 is 17.5 Å². The van der Waals surface area contributed by atoms with Crippen molar-refractivity contribution < 1.29 is 9.59 Å². The number of hydrogen-bond donors (Lipinski definition) is 3. The molecule has 5 N–H and O–H groups in total. The molecule has 2 amide bonds. The van der Waals surface area contributed by atoms with Crippen molar-refractivity contribution in [3.63, 3.8) is 0 Å². The van der Waals surface area contributed by atoms with Gasteiger partial charge in [-0.05, 0) is 35.4 Å². The van der Waals surface area contributed by atoms with Crippen molar-refractivity contribution in [3.8, 4) is 0 Å². The van der Waals surface area contributed by atoms with E-state index in [1.54, 1.807) is 48.8 Å². The molecule has 27 heavy (non-hydrogen) atoms. The first-order valence-corrected chi connectivity index (χ1v) is 8.44. The molecule has 0 spiro atoms. The summed E-state index contributed by atoms with van der Waals surface area (Å²) in [4.78, 5) is 28.3. The molecule has 1 aromatic heterocycles. The molecular formula is C21H20N4O2. The molecule has 1 heterocycles.